The van der Waals surface area contributed by atoms with Crippen molar-refractivity contribution < 1.29 is 0 Å². The van der Waals surface area contributed by atoms with Gasteiger partial charge in [-0.25, -0.2) is 0 Å². The fourth-order valence-electron chi connectivity index (χ4n) is 4.51. The predicted octanol–water partition coefficient (Wildman–Crippen LogP) is 0.682. The normalized spacial score (nSPS) is 36.2. The Morgan fingerprint density at radius 1 is 1.32 bits per heavy atom. The van der Waals surface area contributed by atoms with Crippen molar-refractivity contribution in [3.05, 3.63) is 0 Å². The molecule has 19 heavy (non-hydrogen) atoms. The van der Waals surface area contributed by atoms with E-state index in [4.69, 9.17) is 5.73 Å². The molecular formula is C15H32N4. The van der Waals surface area contributed by atoms with Crippen LogP contribution in [0.5, 0.6) is 0 Å². The summed E-state index contributed by atoms with van der Waals surface area (Å²) in [5.41, 5.74) is 6.51. The maximum atomic E-state index is 6.29. The second kappa shape index (κ2) is 6.08. The molecule has 2 unspecified atom stereocenters. The van der Waals surface area contributed by atoms with Crippen LogP contribution in [0.15, 0.2) is 0 Å². The first kappa shape index (κ1) is 15.2. The average molecular weight is 268 g/mol. The largest absolute Gasteiger partial charge is 0.329 e. The van der Waals surface area contributed by atoms with Crippen molar-refractivity contribution in [2.24, 2.45) is 11.7 Å². The quantitative estimate of drug-likeness (QED) is 0.768. The van der Waals surface area contributed by atoms with E-state index in [-0.39, 0.29) is 5.54 Å². The molecule has 112 valence electrons. The van der Waals surface area contributed by atoms with Crippen molar-refractivity contribution in [3.8, 4) is 0 Å². The van der Waals surface area contributed by atoms with E-state index < -0.39 is 0 Å². The molecule has 4 heteroatoms. The molecule has 0 aromatic rings. The van der Waals surface area contributed by atoms with E-state index in [0.717, 1.165) is 25.6 Å². The van der Waals surface area contributed by atoms with E-state index in [1.54, 1.807) is 0 Å². The zero-order valence-electron chi connectivity index (χ0n) is 13.2. The fourth-order valence-corrected chi connectivity index (χ4v) is 4.51. The first-order chi connectivity index (χ1) is 9.03. The number of nitrogens with two attached hydrogens (primary N) is 1. The summed E-state index contributed by atoms with van der Waals surface area (Å²) in [6.45, 7) is 11.4. The molecule has 0 aromatic carbocycles. The van der Waals surface area contributed by atoms with Crippen molar-refractivity contribution >= 4 is 0 Å². The Balaban J connectivity index is 2.18. The molecule has 0 aromatic heterocycles. The molecule has 0 amide bonds. The molecule has 2 N–H and O–H groups in total. The van der Waals surface area contributed by atoms with Crippen LogP contribution >= 0.6 is 0 Å². The van der Waals surface area contributed by atoms with Crippen LogP contribution in [0.25, 0.3) is 0 Å². The SMILES string of the molecule is CCN(C(C)CN(C)C)C1(CN)CN2CCC1CC2. The van der Waals surface area contributed by atoms with E-state index >= 15 is 0 Å². The van der Waals surface area contributed by atoms with Gasteiger partial charge >= 0.3 is 0 Å². The highest BCUT2D eigenvalue weighted by Crippen LogP contribution is 2.40. The topological polar surface area (TPSA) is 35.7 Å². The Bertz CT molecular complexity index is 286. The van der Waals surface area contributed by atoms with Crippen molar-refractivity contribution in [2.45, 2.75) is 38.3 Å². The van der Waals surface area contributed by atoms with Crippen LogP contribution in [0.1, 0.15) is 26.7 Å². The Hall–Kier alpha value is -0.160. The molecule has 3 fully saturated rings. The Morgan fingerprint density at radius 2 is 1.95 bits per heavy atom. The molecule has 3 aliphatic rings. The summed E-state index contributed by atoms with van der Waals surface area (Å²) < 4.78 is 0. The van der Waals surface area contributed by atoms with Crippen molar-refractivity contribution in [1.29, 1.82) is 0 Å². The lowest BCUT2D eigenvalue weighted by Gasteiger charge is -2.59. The second-order valence-electron chi connectivity index (χ2n) is 6.76. The third-order valence-electron chi connectivity index (χ3n) is 5.27. The van der Waals surface area contributed by atoms with E-state index in [2.05, 4.69) is 42.6 Å². The third-order valence-corrected chi connectivity index (χ3v) is 5.27. The maximum absolute atomic E-state index is 6.29. The van der Waals surface area contributed by atoms with Gasteiger partial charge in [0.1, 0.15) is 0 Å². The van der Waals surface area contributed by atoms with Gasteiger partial charge in [-0.05, 0) is 59.4 Å². The van der Waals surface area contributed by atoms with Crippen LogP contribution < -0.4 is 5.73 Å². The van der Waals surface area contributed by atoms with Gasteiger partial charge in [0.25, 0.3) is 0 Å². The zero-order chi connectivity index (χ0) is 14.0. The van der Waals surface area contributed by atoms with Crippen molar-refractivity contribution in [2.75, 3.05) is 53.4 Å². The van der Waals surface area contributed by atoms with Gasteiger partial charge in [-0.3, -0.25) is 4.90 Å². The minimum atomic E-state index is 0.223. The highest BCUT2D eigenvalue weighted by molar-refractivity contribution is 5.07. The van der Waals surface area contributed by atoms with Crippen molar-refractivity contribution in [3.63, 3.8) is 0 Å². The lowest BCUT2D eigenvalue weighted by Crippen LogP contribution is -2.72. The van der Waals surface area contributed by atoms with Crippen LogP contribution in [0.2, 0.25) is 0 Å². The highest BCUT2D eigenvalue weighted by atomic mass is 15.3. The van der Waals surface area contributed by atoms with Crippen LogP contribution in [-0.2, 0) is 0 Å². The molecule has 4 nitrogen and oxygen atoms in total. The number of hydrogen-bond donors (Lipinski definition) is 1. The molecule has 3 heterocycles. The number of piperidine rings is 3. The lowest BCUT2D eigenvalue weighted by molar-refractivity contribution is -0.0831. The van der Waals surface area contributed by atoms with Gasteiger partial charge in [0.2, 0.25) is 0 Å². The van der Waals surface area contributed by atoms with Crippen LogP contribution in [-0.4, -0.2) is 79.6 Å². The molecule has 3 rings (SSSR count). The van der Waals surface area contributed by atoms with Gasteiger partial charge in [-0.1, -0.05) is 6.92 Å². The Labute approximate surface area is 118 Å². The molecule has 0 spiro atoms. The number of nitrogens with zero attached hydrogens (tertiary/aromatic N) is 3. The molecule has 0 saturated carbocycles. The highest BCUT2D eigenvalue weighted by Gasteiger charge is 2.50. The van der Waals surface area contributed by atoms with Gasteiger partial charge in [0.05, 0.1) is 0 Å². The summed E-state index contributed by atoms with van der Waals surface area (Å²) in [5, 5.41) is 0. The minimum Gasteiger partial charge on any atom is -0.329 e. The molecule has 0 aliphatic carbocycles. The summed E-state index contributed by atoms with van der Waals surface area (Å²) in [7, 11) is 4.33. The summed E-state index contributed by atoms with van der Waals surface area (Å²) in [6.07, 6.45) is 2.67. The second-order valence-corrected chi connectivity index (χ2v) is 6.76. The van der Waals surface area contributed by atoms with Gasteiger partial charge in [0.15, 0.2) is 0 Å². The fraction of sp³-hybridized carbons (Fsp3) is 1.00. The van der Waals surface area contributed by atoms with Crippen LogP contribution in [0.3, 0.4) is 0 Å². The molecule has 0 radical (unpaired) electrons. The van der Waals surface area contributed by atoms with Gasteiger partial charge in [-0.2, -0.15) is 0 Å². The predicted molar refractivity (Wildman–Crippen MR) is 81.3 cm³/mol. The minimum absolute atomic E-state index is 0.223. The van der Waals surface area contributed by atoms with Crippen molar-refractivity contribution in [1.82, 2.24) is 14.7 Å². The lowest BCUT2D eigenvalue weighted by atomic mass is 9.71. The number of fused-ring (bicyclic) bond motifs is 3. The third kappa shape index (κ3) is 2.82. The number of rotatable bonds is 6. The summed E-state index contributed by atoms with van der Waals surface area (Å²) in [4.78, 5) is 7.61. The van der Waals surface area contributed by atoms with Crippen LogP contribution in [0.4, 0.5) is 0 Å². The van der Waals surface area contributed by atoms with E-state index in [1.165, 1.54) is 32.5 Å². The van der Waals surface area contributed by atoms with Crippen LogP contribution in [0, 0.1) is 5.92 Å². The first-order valence-electron chi connectivity index (χ1n) is 7.87. The average Bonchev–Trinajstić information content (AvgIpc) is 2.39. The molecule has 3 saturated heterocycles. The molecule has 2 atom stereocenters. The summed E-state index contributed by atoms with van der Waals surface area (Å²) in [5.74, 6) is 0.798. The van der Waals surface area contributed by atoms with Gasteiger partial charge in [0, 0.05) is 31.2 Å². The Kier molecular flexibility index (Phi) is 4.88. The zero-order valence-corrected chi connectivity index (χ0v) is 13.2. The van der Waals surface area contributed by atoms with Gasteiger partial charge < -0.3 is 15.5 Å². The standard InChI is InChI=1S/C15H32N4/c1-5-19(13(2)10-17(3)4)15(11-16)12-18-8-6-14(15)7-9-18/h13-14H,5-12,16H2,1-4H3. The first-order valence-corrected chi connectivity index (χ1v) is 7.87. The Morgan fingerprint density at radius 3 is 2.32 bits per heavy atom. The summed E-state index contributed by atoms with van der Waals surface area (Å²) >= 11 is 0. The maximum Gasteiger partial charge on any atom is 0.0490 e. The molecule has 2 bridgehead atoms. The molecular weight excluding hydrogens is 236 g/mol. The monoisotopic (exact) mass is 268 g/mol. The van der Waals surface area contributed by atoms with E-state index in [0.29, 0.717) is 6.04 Å². The summed E-state index contributed by atoms with van der Waals surface area (Å²) in [6, 6.07) is 0.573. The number of hydrogen-bond acceptors (Lipinski definition) is 4. The van der Waals surface area contributed by atoms with E-state index in [9.17, 15) is 0 Å². The van der Waals surface area contributed by atoms with Gasteiger partial charge in [-0.15, -0.1) is 0 Å². The van der Waals surface area contributed by atoms with E-state index in [1.807, 2.05) is 0 Å². The number of likely N-dealkylation sites (N-methyl/N-ethyl adjacent to an activating group) is 2. The smallest absolute Gasteiger partial charge is 0.0490 e. The molecule has 3 aliphatic heterocycles.